The normalized spacial score (nSPS) is 18.6. The highest BCUT2D eigenvalue weighted by Crippen LogP contribution is 2.06. The van der Waals surface area contributed by atoms with E-state index in [2.05, 4.69) is 4.74 Å². The van der Waals surface area contributed by atoms with Crippen molar-refractivity contribution in [1.82, 2.24) is 9.80 Å². The molecule has 1 unspecified atom stereocenters. The third kappa shape index (κ3) is 2.14. The van der Waals surface area contributed by atoms with Gasteiger partial charge >= 0.3 is 12.0 Å². The molecule has 0 spiro atoms. The van der Waals surface area contributed by atoms with Gasteiger partial charge in [-0.3, -0.25) is 4.79 Å². The largest absolute Gasteiger partial charge is 0.468 e. The summed E-state index contributed by atoms with van der Waals surface area (Å²) < 4.78 is 4.47. The van der Waals surface area contributed by atoms with Crippen molar-refractivity contribution in [2.24, 2.45) is 5.73 Å². The summed E-state index contributed by atoms with van der Waals surface area (Å²) in [7, 11) is 2.99. The fraction of sp³-hybridized carbons (Fsp3) is 0.750. The Morgan fingerprint density at radius 1 is 1.64 bits per heavy atom. The molecule has 0 saturated carbocycles. The van der Waals surface area contributed by atoms with Gasteiger partial charge in [0.15, 0.2) is 0 Å². The number of carbonyl (C=O) groups excluding carboxylic acids is 2. The predicted octanol–water partition coefficient (Wildman–Crippen LogP) is -1.15. The van der Waals surface area contributed by atoms with E-state index in [1.807, 2.05) is 0 Å². The van der Waals surface area contributed by atoms with E-state index in [1.54, 1.807) is 16.8 Å². The first-order valence-corrected chi connectivity index (χ1v) is 4.39. The van der Waals surface area contributed by atoms with Crippen molar-refractivity contribution in [3.05, 3.63) is 0 Å². The molecule has 0 aromatic heterocycles. The summed E-state index contributed by atoms with van der Waals surface area (Å²) >= 11 is 0. The van der Waals surface area contributed by atoms with Crippen molar-refractivity contribution in [1.29, 1.82) is 0 Å². The molecule has 6 heteroatoms. The molecule has 1 aliphatic rings. The molecule has 1 aliphatic heterocycles. The number of ether oxygens (including phenoxy) is 1. The number of nitrogens with zero attached hydrogens (tertiary/aromatic N) is 2. The van der Waals surface area contributed by atoms with Crippen molar-refractivity contribution in [3.8, 4) is 0 Å². The van der Waals surface area contributed by atoms with Crippen LogP contribution in [0.4, 0.5) is 4.79 Å². The van der Waals surface area contributed by atoms with E-state index in [0.717, 1.165) is 0 Å². The lowest BCUT2D eigenvalue weighted by Gasteiger charge is -2.18. The van der Waals surface area contributed by atoms with Crippen molar-refractivity contribution in [2.75, 3.05) is 33.8 Å². The van der Waals surface area contributed by atoms with Crippen LogP contribution in [0.1, 0.15) is 0 Å². The van der Waals surface area contributed by atoms with E-state index >= 15 is 0 Å². The summed E-state index contributed by atoms with van der Waals surface area (Å²) in [5, 5.41) is 0. The van der Waals surface area contributed by atoms with Gasteiger partial charge in [0.2, 0.25) is 0 Å². The van der Waals surface area contributed by atoms with Gasteiger partial charge in [-0.15, -0.1) is 0 Å². The van der Waals surface area contributed by atoms with Gasteiger partial charge in [-0.05, 0) is 0 Å². The molecule has 0 bridgehead atoms. The van der Waals surface area contributed by atoms with Gasteiger partial charge in [0.25, 0.3) is 0 Å². The number of methoxy groups -OCH3 is 1. The molecule has 1 saturated heterocycles. The van der Waals surface area contributed by atoms with Crippen LogP contribution in [0, 0.1) is 0 Å². The molecule has 1 atom stereocenters. The zero-order chi connectivity index (χ0) is 10.7. The van der Waals surface area contributed by atoms with Crippen LogP contribution in [0.15, 0.2) is 0 Å². The molecule has 1 fully saturated rings. The Morgan fingerprint density at radius 3 is 2.71 bits per heavy atom. The fourth-order valence-corrected chi connectivity index (χ4v) is 1.34. The van der Waals surface area contributed by atoms with Crippen LogP contribution in [0.5, 0.6) is 0 Å². The third-order valence-corrected chi connectivity index (χ3v) is 2.22. The minimum Gasteiger partial charge on any atom is -0.468 e. The summed E-state index contributed by atoms with van der Waals surface area (Å²) in [5.41, 5.74) is 5.53. The summed E-state index contributed by atoms with van der Waals surface area (Å²) in [5.74, 6) is -0.493. The monoisotopic (exact) mass is 201 g/mol. The van der Waals surface area contributed by atoms with Crippen molar-refractivity contribution in [3.63, 3.8) is 0 Å². The topological polar surface area (TPSA) is 75.9 Å². The number of hydrogen-bond acceptors (Lipinski definition) is 4. The molecule has 6 nitrogen and oxygen atoms in total. The molecule has 1 rings (SSSR count). The smallest absolute Gasteiger partial charge is 0.324 e. The quantitative estimate of drug-likeness (QED) is 0.585. The fourth-order valence-electron chi connectivity index (χ4n) is 1.34. The first-order chi connectivity index (χ1) is 6.56. The lowest BCUT2D eigenvalue weighted by Crippen LogP contribution is -2.44. The van der Waals surface area contributed by atoms with Crippen LogP contribution in [0.3, 0.4) is 0 Å². The van der Waals surface area contributed by atoms with Gasteiger partial charge in [-0.1, -0.05) is 0 Å². The lowest BCUT2D eigenvalue weighted by atomic mass is 10.3. The first kappa shape index (κ1) is 10.8. The second kappa shape index (κ2) is 4.28. The SMILES string of the molecule is COC(=O)C(N)CN1CCN(C)C1=O. The van der Waals surface area contributed by atoms with Crippen LogP contribution in [-0.4, -0.2) is 61.6 Å². The Bertz CT molecular complexity index is 244. The standard InChI is InChI=1S/C8H15N3O3/c1-10-3-4-11(8(10)13)5-6(9)7(12)14-2/h6H,3-5,9H2,1-2H3. The van der Waals surface area contributed by atoms with Crippen LogP contribution in [0.25, 0.3) is 0 Å². The minimum atomic E-state index is -0.754. The zero-order valence-corrected chi connectivity index (χ0v) is 8.40. The van der Waals surface area contributed by atoms with Crippen molar-refractivity contribution >= 4 is 12.0 Å². The van der Waals surface area contributed by atoms with Gasteiger partial charge in [-0.25, -0.2) is 4.79 Å². The average molecular weight is 201 g/mol. The Labute approximate surface area is 82.6 Å². The molecule has 0 aromatic carbocycles. The Hall–Kier alpha value is -1.30. The van der Waals surface area contributed by atoms with Gasteiger partial charge in [-0.2, -0.15) is 0 Å². The lowest BCUT2D eigenvalue weighted by molar-refractivity contribution is -0.142. The number of hydrogen-bond donors (Lipinski definition) is 1. The maximum atomic E-state index is 11.4. The molecule has 80 valence electrons. The number of amides is 2. The number of carbonyl (C=O) groups is 2. The highest BCUT2D eigenvalue weighted by molar-refractivity contribution is 5.79. The van der Waals surface area contributed by atoms with Crippen molar-refractivity contribution < 1.29 is 14.3 Å². The Kier molecular flexibility index (Phi) is 3.29. The van der Waals surface area contributed by atoms with E-state index in [9.17, 15) is 9.59 Å². The average Bonchev–Trinajstić information content (AvgIpc) is 2.48. The van der Waals surface area contributed by atoms with Crippen LogP contribution in [-0.2, 0) is 9.53 Å². The second-order valence-electron chi connectivity index (χ2n) is 3.28. The Balaban J connectivity index is 2.45. The second-order valence-corrected chi connectivity index (χ2v) is 3.28. The van der Waals surface area contributed by atoms with Crippen LogP contribution >= 0.6 is 0 Å². The summed E-state index contributed by atoms with van der Waals surface area (Å²) in [6.45, 7) is 1.50. The van der Waals surface area contributed by atoms with E-state index in [0.29, 0.717) is 13.1 Å². The number of rotatable bonds is 3. The summed E-state index contributed by atoms with van der Waals surface area (Å²) in [6.07, 6.45) is 0. The highest BCUT2D eigenvalue weighted by atomic mass is 16.5. The van der Waals surface area contributed by atoms with Crippen LogP contribution < -0.4 is 5.73 Å². The third-order valence-electron chi connectivity index (χ3n) is 2.22. The first-order valence-electron chi connectivity index (χ1n) is 4.39. The zero-order valence-electron chi connectivity index (χ0n) is 8.40. The maximum Gasteiger partial charge on any atom is 0.324 e. The van der Waals surface area contributed by atoms with Gasteiger partial charge < -0.3 is 20.3 Å². The van der Waals surface area contributed by atoms with Crippen molar-refractivity contribution in [2.45, 2.75) is 6.04 Å². The Morgan fingerprint density at radius 2 is 2.29 bits per heavy atom. The van der Waals surface area contributed by atoms with E-state index in [-0.39, 0.29) is 12.6 Å². The number of nitrogens with two attached hydrogens (primary N) is 1. The molecule has 1 heterocycles. The molecule has 2 N–H and O–H groups in total. The predicted molar refractivity (Wildman–Crippen MR) is 49.6 cm³/mol. The maximum absolute atomic E-state index is 11.4. The molecule has 0 aliphatic carbocycles. The highest BCUT2D eigenvalue weighted by Gasteiger charge is 2.28. The molecule has 2 amide bonds. The minimum absolute atomic E-state index is 0.0932. The van der Waals surface area contributed by atoms with E-state index in [1.165, 1.54) is 7.11 Å². The summed E-state index contributed by atoms with van der Waals surface area (Å²) in [4.78, 5) is 25.5. The molecule has 0 radical (unpaired) electrons. The van der Waals surface area contributed by atoms with Crippen LogP contribution in [0.2, 0.25) is 0 Å². The number of likely N-dealkylation sites (N-methyl/N-ethyl adjacent to an activating group) is 1. The van der Waals surface area contributed by atoms with E-state index < -0.39 is 12.0 Å². The summed E-state index contributed by atoms with van der Waals surface area (Å²) in [6, 6.07) is -0.847. The molecule has 14 heavy (non-hydrogen) atoms. The van der Waals surface area contributed by atoms with Gasteiger partial charge in [0, 0.05) is 26.7 Å². The molecular weight excluding hydrogens is 186 g/mol. The molecule has 0 aromatic rings. The van der Waals surface area contributed by atoms with Gasteiger partial charge in [0.1, 0.15) is 6.04 Å². The molecular formula is C8H15N3O3. The number of esters is 1. The van der Waals surface area contributed by atoms with Gasteiger partial charge in [0.05, 0.1) is 7.11 Å². The number of urea groups is 1. The van der Waals surface area contributed by atoms with E-state index in [4.69, 9.17) is 5.73 Å².